The molecule has 3 heteroatoms. The van der Waals surface area contributed by atoms with Crippen LogP contribution in [0.15, 0.2) is 52.3 Å². The van der Waals surface area contributed by atoms with Crippen LogP contribution >= 0.6 is 0 Å². The normalized spacial score (nSPS) is 16.6. The smallest absolute Gasteiger partial charge is 0.116 e. The third kappa shape index (κ3) is 2.60. The maximum absolute atomic E-state index is 9.91. The molecule has 1 aliphatic heterocycles. The molecule has 1 aromatic heterocycles. The molecular formula is C21H24N2O. The highest BCUT2D eigenvalue weighted by Crippen LogP contribution is 2.39. The average Bonchev–Trinajstić information content (AvgIpc) is 3.11. The molecule has 2 aromatic rings. The van der Waals surface area contributed by atoms with Gasteiger partial charge in [-0.3, -0.25) is 4.99 Å². The number of allylic oxidation sites excluding steroid dienone is 2. The summed E-state index contributed by atoms with van der Waals surface area (Å²) in [5.41, 5.74) is 10.1. The Morgan fingerprint density at radius 2 is 1.79 bits per heavy atom. The van der Waals surface area contributed by atoms with E-state index in [9.17, 15) is 5.11 Å². The Kier molecular flexibility index (Phi) is 4.18. The molecule has 3 rings (SSSR count). The minimum atomic E-state index is 0.303. The third-order valence-corrected chi connectivity index (χ3v) is 4.75. The Labute approximate surface area is 143 Å². The van der Waals surface area contributed by atoms with Crippen LogP contribution in [0.25, 0.3) is 5.57 Å². The minimum Gasteiger partial charge on any atom is -0.508 e. The molecule has 24 heavy (non-hydrogen) atoms. The van der Waals surface area contributed by atoms with E-state index in [1.165, 1.54) is 11.1 Å². The predicted molar refractivity (Wildman–Crippen MR) is 100 cm³/mol. The highest BCUT2D eigenvalue weighted by Gasteiger charge is 2.24. The zero-order chi connectivity index (χ0) is 17.4. The van der Waals surface area contributed by atoms with Gasteiger partial charge in [-0.25, -0.2) is 0 Å². The quantitative estimate of drug-likeness (QED) is 0.792. The first kappa shape index (κ1) is 16.3. The van der Waals surface area contributed by atoms with Crippen molar-refractivity contribution in [3.8, 4) is 5.75 Å². The van der Waals surface area contributed by atoms with Crippen molar-refractivity contribution in [2.24, 2.45) is 4.99 Å². The average molecular weight is 320 g/mol. The number of phenols is 1. The molecule has 0 spiro atoms. The van der Waals surface area contributed by atoms with Gasteiger partial charge in [-0.1, -0.05) is 6.92 Å². The highest BCUT2D eigenvalue weighted by molar-refractivity contribution is 6.05. The van der Waals surface area contributed by atoms with E-state index in [0.29, 0.717) is 5.75 Å². The second-order valence-electron chi connectivity index (χ2n) is 6.42. The van der Waals surface area contributed by atoms with E-state index in [1.807, 2.05) is 38.2 Å². The van der Waals surface area contributed by atoms with Crippen LogP contribution in [-0.2, 0) is 0 Å². The maximum Gasteiger partial charge on any atom is 0.116 e. The largest absolute Gasteiger partial charge is 0.508 e. The fourth-order valence-electron chi connectivity index (χ4n) is 3.70. The molecule has 0 amide bonds. The SMILES string of the molecule is CCC1=C(C)C(=C(c2ccc[nH]2)c2c(C)cc(O)cc2C)N=C1C. The van der Waals surface area contributed by atoms with Gasteiger partial charge in [-0.2, -0.15) is 0 Å². The van der Waals surface area contributed by atoms with Crippen LogP contribution in [0.5, 0.6) is 5.75 Å². The summed E-state index contributed by atoms with van der Waals surface area (Å²) < 4.78 is 0. The molecule has 124 valence electrons. The van der Waals surface area contributed by atoms with Gasteiger partial charge >= 0.3 is 0 Å². The lowest BCUT2D eigenvalue weighted by Gasteiger charge is -2.16. The van der Waals surface area contributed by atoms with E-state index in [0.717, 1.165) is 45.8 Å². The lowest BCUT2D eigenvalue weighted by atomic mass is 9.90. The fourth-order valence-corrected chi connectivity index (χ4v) is 3.70. The van der Waals surface area contributed by atoms with E-state index in [4.69, 9.17) is 4.99 Å². The van der Waals surface area contributed by atoms with Gasteiger partial charge in [-0.15, -0.1) is 0 Å². The van der Waals surface area contributed by atoms with E-state index in [1.54, 1.807) is 0 Å². The van der Waals surface area contributed by atoms with Gasteiger partial charge in [0, 0.05) is 23.2 Å². The molecule has 0 saturated heterocycles. The molecule has 2 heterocycles. The van der Waals surface area contributed by atoms with Crippen LogP contribution in [0.1, 0.15) is 49.6 Å². The van der Waals surface area contributed by atoms with Gasteiger partial charge in [0.1, 0.15) is 5.75 Å². The molecule has 0 atom stereocenters. The second-order valence-corrected chi connectivity index (χ2v) is 6.42. The first-order valence-electron chi connectivity index (χ1n) is 8.38. The van der Waals surface area contributed by atoms with Crippen molar-refractivity contribution in [3.05, 3.63) is 69.7 Å². The Balaban J connectivity index is 2.38. The number of hydrogen-bond donors (Lipinski definition) is 2. The monoisotopic (exact) mass is 320 g/mol. The summed E-state index contributed by atoms with van der Waals surface area (Å²) in [5, 5.41) is 9.91. The molecule has 3 nitrogen and oxygen atoms in total. The number of nitrogens with zero attached hydrogens (tertiary/aromatic N) is 1. The van der Waals surface area contributed by atoms with E-state index in [-0.39, 0.29) is 0 Å². The van der Waals surface area contributed by atoms with Gasteiger partial charge in [0.25, 0.3) is 0 Å². The Morgan fingerprint density at radius 3 is 2.29 bits per heavy atom. The first-order valence-corrected chi connectivity index (χ1v) is 8.38. The van der Waals surface area contributed by atoms with E-state index in [2.05, 4.69) is 31.8 Å². The molecule has 2 N–H and O–H groups in total. The lowest BCUT2D eigenvalue weighted by Crippen LogP contribution is -1.99. The van der Waals surface area contributed by atoms with Crippen molar-refractivity contribution in [3.63, 3.8) is 0 Å². The Bertz CT molecular complexity index is 858. The summed E-state index contributed by atoms with van der Waals surface area (Å²) in [5.74, 6) is 0.303. The number of hydrogen-bond acceptors (Lipinski definition) is 2. The fraction of sp³-hybridized carbons (Fsp3) is 0.286. The molecular weight excluding hydrogens is 296 g/mol. The van der Waals surface area contributed by atoms with Gasteiger partial charge in [-0.05, 0) is 86.2 Å². The summed E-state index contributed by atoms with van der Waals surface area (Å²) in [6.45, 7) is 10.5. The van der Waals surface area contributed by atoms with Crippen molar-refractivity contribution >= 4 is 11.3 Å². The number of aromatic nitrogens is 1. The number of rotatable bonds is 3. The second kappa shape index (κ2) is 6.16. The van der Waals surface area contributed by atoms with Gasteiger partial charge in [0.15, 0.2) is 0 Å². The molecule has 1 aromatic carbocycles. The molecule has 0 bridgehead atoms. The summed E-state index contributed by atoms with van der Waals surface area (Å²) >= 11 is 0. The summed E-state index contributed by atoms with van der Waals surface area (Å²) in [4.78, 5) is 8.24. The molecule has 0 radical (unpaired) electrons. The van der Waals surface area contributed by atoms with Crippen LogP contribution in [0, 0.1) is 13.8 Å². The van der Waals surface area contributed by atoms with Crippen LogP contribution in [-0.4, -0.2) is 15.8 Å². The number of nitrogens with one attached hydrogen (secondary N) is 1. The number of aliphatic imine (C=N–C) groups is 1. The zero-order valence-electron chi connectivity index (χ0n) is 15.0. The summed E-state index contributed by atoms with van der Waals surface area (Å²) in [6, 6.07) is 7.72. The van der Waals surface area contributed by atoms with Crippen molar-refractivity contribution < 1.29 is 5.11 Å². The van der Waals surface area contributed by atoms with E-state index >= 15 is 0 Å². The number of aromatic hydroxyl groups is 1. The Morgan fingerprint density at radius 1 is 1.12 bits per heavy atom. The van der Waals surface area contributed by atoms with Crippen LogP contribution in [0.4, 0.5) is 0 Å². The van der Waals surface area contributed by atoms with Crippen molar-refractivity contribution in [2.45, 2.75) is 41.0 Å². The lowest BCUT2D eigenvalue weighted by molar-refractivity contribution is 0.474. The zero-order valence-corrected chi connectivity index (χ0v) is 15.0. The number of phenolic OH excluding ortho intramolecular Hbond substituents is 1. The number of H-pyrrole nitrogens is 1. The molecule has 0 aliphatic carbocycles. The molecule has 0 saturated carbocycles. The molecule has 0 unspecified atom stereocenters. The van der Waals surface area contributed by atoms with Crippen LogP contribution < -0.4 is 0 Å². The molecule has 1 aliphatic rings. The van der Waals surface area contributed by atoms with Gasteiger partial charge < -0.3 is 10.1 Å². The van der Waals surface area contributed by atoms with E-state index < -0.39 is 0 Å². The van der Waals surface area contributed by atoms with Crippen molar-refractivity contribution in [1.82, 2.24) is 4.98 Å². The van der Waals surface area contributed by atoms with Gasteiger partial charge in [0.2, 0.25) is 0 Å². The van der Waals surface area contributed by atoms with Crippen LogP contribution in [0.3, 0.4) is 0 Å². The molecule has 0 fully saturated rings. The maximum atomic E-state index is 9.91. The predicted octanol–water partition coefficient (Wildman–Crippen LogP) is 5.30. The summed E-state index contributed by atoms with van der Waals surface area (Å²) in [6.07, 6.45) is 2.92. The minimum absolute atomic E-state index is 0.303. The van der Waals surface area contributed by atoms with Crippen molar-refractivity contribution in [1.29, 1.82) is 0 Å². The number of aromatic amines is 1. The topological polar surface area (TPSA) is 48.4 Å². The number of aryl methyl sites for hydroxylation is 2. The summed E-state index contributed by atoms with van der Waals surface area (Å²) in [7, 11) is 0. The number of benzene rings is 1. The third-order valence-electron chi connectivity index (χ3n) is 4.75. The standard InChI is InChI=1S/C21H24N2O/c1-6-17-14(4)21(23-15(17)5)20(18-8-7-9-22-18)19-12(2)10-16(24)11-13(19)3/h7-11,22,24H,6H2,1-5H3. The highest BCUT2D eigenvalue weighted by atomic mass is 16.3. The Hall–Kier alpha value is -2.55. The van der Waals surface area contributed by atoms with Gasteiger partial charge in [0.05, 0.1) is 5.70 Å². The first-order chi connectivity index (χ1) is 11.4. The van der Waals surface area contributed by atoms with Crippen molar-refractivity contribution in [2.75, 3.05) is 0 Å². The van der Waals surface area contributed by atoms with Crippen LogP contribution in [0.2, 0.25) is 0 Å².